The van der Waals surface area contributed by atoms with E-state index in [2.05, 4.69) is 5.32 Å². The molecule has 0 aromatic heterocycles. The summed E-state index contributed by atoms with van der Waals surface area (Å²) in [5, 5.41) is 3.37. The average Bonchev–Trinajstić information content (AvgIpc) is 2.52. The lowest BCUT2D eigenvalue weighted by Crippen LogP contribution is -2.26. The third-order valence-corrected chi connectivity index (χ3v) is 4.13. The van der Waals surface area contributed by atoms with Gasteiger partial charge in [0.25, 0.3) is 0 Å². The molecule has 1 aliphatic rings. The Balaban J connectivity index is 1.71. The summed E-state index contributed by atoms with van der Waals surface area (Å²) in [6.07, 6.45) is 6.75. The Morgan fingerprint density at radius 1 is 1.29 bits per heavy atom. The van der Waals surface area contributed by atoms with Crippen LogP contribution in [0, 0.1) is 5.82 Å². The maximum Gasteiger partial charge on any atom is 0.165 e. The van der Waals surface area contributed by atoms with Gasteiger partial charge in [0.2, 0.25) is 0 Å². The maximum atomic E-state index is 13.7. The van der Waals surface area contributed by atoms with Crippen LogP contribution in [-0.4, -0.2) is 26.4 Å². The van der Waals surface area contributed by atoms with Crippen LogP contribution in [0.25, 0.3) is 0 Å². The molecule has 1 N–H and O–H groups in total. The number of hydrogen-bond acceptors (Lipinski definition) is 3. The SMILES string of the molecule is COc1ccc(C(C)NCCOC2CCCCC2)cc1F. The minimum atomic E-state index is -0.317. The van der Waals surface area contributed by atoms with Crippen molar-refractivity contribution in [1.29, 1.82) is 0 Å². The zero-order valence-corrected chi connectivity index (χ0v) is 13.0. The Labute approximate surface area is 126 Å². The molecule has 4 heteroatoms. The van der Waals surface area contributed by atoms with Crippen molar-refractivity contribution in [3.8, 4) is 5.75 Å². The highest BCUT2D eigenvalue weighted by atomic mass is 19.1. The zero-order valence-electron chi connectivity index (χ0n) is 13.0. The Morgan fingerprint density at radius 3 is 2.71 bits per heavy atom. The number of benzene rings is 1. The Bertz CT molecular complexity index is 433. The van der Waals surface area contributed by atoms with E-state index < -0.39 is 0 Å². The van der Waals surface area contributed by atoms with E-state index >= 15 is 0 Å². The first kappa shape index (κ1) is 16.2. The largest absolute Gasteiger partial charge is 0.494 e. The lowest BCUT2D eigenvalue weighted by Gasteiger charge is -2.22. The summed E-state index contributed by atoms with van der Waals surface area (Å²) >= 11 is 0. The fraction of sp³-hybridized carbons (Fsp3) is 0.647. The molecule has 0 radical (unpaired) electrons. The molecule has 0 heterocycles. The predicted molar refractivity (Wildman–Crippen MR) is 82.2 cm³/mol. The molecule has 1 aromatic carbocycles. The van der Waals surface area contributed by atoms with Crippen molar-refractivity contribution in [2.45, 2.75) is 51.2 Å². The first-order valence-electron chi connectivity index (χ1n) is 7.89. The number of ether oxygens (including phenoxy) is 2. The summed E-state index contributed by atoms with van der Waals surface area (Å²) in [6, 6.07) is 5.18. The first-order chi connectivity index (χ1) is 10.2. The van der Waals surface area contributed by atoms with Crippen molar-refractivity contribution >= 4 is 0 Å². The van der Waals surface area contributed by atoms with Crippen LogP contribution in [0.5, 0.6) is 5.75 Å². The molecule has 1 atom stereocenters. The molecule has 1 aliphatic carbocycles. The molecule has 21 heavy (non-hydrogen) atoms. The van der Waals surface area contributed by atoms with E-state index in [0.29, 0.717) is 12.7 Å². The molecule has 0 spiro atoms. The molecular formula is C17H26FNO2. The van der Waals surface area contributed by atoms with Gasteiger partial charge >= 0.3 is 0 Å². The van der Waals surface area contributed by atoms with Gasteiger partial charge in [0.05, 0.1) is 19.8 Å². The quantitative estimate of drug-likeness (QED) is 0.775. The van der Waals surface area contributed by atoms with Gasteiger partial charge in [0.1, 0.15) is 0 Å². The van der Waals surface area contributed by atoms with E-state index in [9.17, 15) is 4.39 Å². The minimum Gasteiger partial charge on any atom is -0.494 e. The molecule has 1 saturated carbocycles. The molecule has 0 bridgehead atoms. The van der Waals surface area contributed by atoms with Crippen LogP contribution in [0.4, 0.5) is 4.39 Å². The van der Waals surface area contributed by atoms with Crippen LogP contribution in [0.15, 0.2) is 18.2 Å². The van der Waals surface area contributed by atoms with Crippen LogP contribution in [-0.2, 0) is 4.74 Å². The summed E-state index contributed by atoms with van der Waals surface area (Å²) in [5.74, 6) is -0.0336. The standard InChI is InChI=1S/C17H26FNO2/c1-13(14-8-9-17(20-2)16(18)12-14)19-10-11-21-15-6-4-3-5-7-15/h8-9,12-13,15,19H,3-7,10-11H2,1-2H3. The molecule has 0 amide bonds. The molecule has 0 saturated heterocycles. The Kier molecular flexibility index (Phi) is 6.46. The highest BCUT2D eigenvalue weighted by Crippen LogP contribution is 2.22. The fourth-order valence-corrected chi connectivity index (χ4v) is 2.80. The van der Waals surface area contributed by atoms with Gasteiger partial charge in [-0.2, -0.15) is 0 Å². The molecule has 3 nitrogen and oxygen atoms in total. The summed E-state index contributed by atoms with van der Waals surface area (Å²) < 4.78 is 24.5. The number of rotatable bonds is 7. The fourth-order valence-electron chi connectivity index (χ4n) is 2.80. The van der Waals surface area contributed by atoms with Crippen molar-refractivity contribution < 1.29 is 13.9 Å². The maximum absolute atomic E-state index is 13.7. The number of nitrogens with one attached hydrogen (secondary N) is 1. The summed E-state index contributed by atoms with van der Waals surface area (Å²) in [4.78, 5) is 0. The van der Waals surface area contributed by atoms with Crippen LogP contribution < -0.4 is 10.1 Å². The first-order valence-corrected chi connectivity index (χ1v) is 7.89. The lowest BCUT2D eigenvalue weighted by molar-refractivity contribution is 0.0295. The van der Waals surface area contributed by atoms with E-state index in [1.54, 1.807) is 6.07 Å². The second kappa shape index (κ2) is 8.35. The van der Waals surface area contributed by atoms with Gasteiger partial charge in [-0.15, -0.1) is 0 Å². The van der Waals surface area contributed by atoms with Gasteiger partial charge in [-0.1, -0.05) is 25.3 Å². The van der Waals surface area contributed by atoms with Gasteiger partial charge in [-0.3, -0.25) is 0 Å². The van der Waals surface area contributed by atoms with Gasteiger partial charge in [-0.05, 0) is 37.5 Å². The van der Waals surface area contributed by atoms with E-state index in [-0.39, 0.29) is 17.6 Å². The van der Waals surface area contributed by atoms with Crippen LogP contribution in [0.3, 0.4) is 0 Å². The highest BCUT2D eigenvalue weighted by molar-refractivity contribution is 5.30. The molecule has 2 rings (SSSR count). The van der Waals surface area contributed by atoms with Crippen molar-refractivity contribution in [3.63, 3.8) is 0 Å². The highest BCUT2D eigenvalue weighted by Gasteiger charge is 2.13. The second-order valence-electron chi connectivity index (χ2n) is 5.70. The molecule has 0 aliphatic heterocycles. The van der Waals surface area contributed by atoms with Crippen LogP contribution in [0.1, 0.15) is 50.6 Å². The van der Waals surface area contributed by atoms with E-state index in [1.807, 2.05) is 13.0 Å². The average molecular weight is 295 g/mol. The number of methoxy groups -OCH3 is 1. The molecular weight excluding hydrogens is 269 g/mol. The van der Waals surface area contributed by atoms with Crippen molar-refractivity contribution in [2.24, 2.45) is 0 Å². The third kappa shape index (κ3) is 4.97. The van der Waals surface area contributed by atoms with Gasteiger partial charge < -0.3 is 14.8 Å². The lowest BCUT2D eigenvalue weighted by atomic mass is 9.98. The summed E-state index contributed by atoms with van der Waals surface area (Å²) in [5.41, 5.74) is 0.922. The van der Waals surface area contributed by atoms with Crippen LogP contribution in [0.2, 0.25) is 0 Å². The van der Waals surface area contributed by atoms with E-state index in [1.165, 1.54) is 45.3 Å². The topological polar surface area (TPSA) is 30.5 Å². The second-order valence-corrected chi connectivity index (χ2v) is 5.70. The van der Waals surface area contributed by atoms with Crippen molar-refractivity contribution in [1.82, 2.24) is 5.32 Å². The van der Waals surface area contributed by atoms with Crippen LogP contribution >= 0.6 is 0 Å². The van der Waals surface area contributed by atoms with Gasteiger partial charge in [0.15, 0.2) is 11.6 Å². The normalized spacial score (nSPS) is 17.7. The van der Waals surface area contributed by atoms with Gasteiger partial charge in [0, 0.05) is 12.6 Å². The minimum absolute atomic E-state index is 0.0976. The van der Waals surface area contributed by atoms with E-state index in [0.717, 1.165) is 12.1 Å². The Morgan fingerprint density at radius 2 is 2.05 bits per heavy atom. The number of hydrogen-bond donors (Lipinski definition) is 1. The third-order valence-electron chi connectivity index (χ3n) is 4.13. The monoisotopic (exact) mass is 295 g/mol. The zero-order chi connectivity index (χ0) is 15.1. The van der Waals surface area contributed by atoms with E-state index in [4.69, 9.17) is 9.47 Å². The molecule has 1 unspecified atom stereocenters. The molecule has 118 valence electrons. The molecule has 1 fully saturated rings. The summed E-state index contributed by atoms with van der Waals surface area (Å²) in [7, 11) is 1.47. The smallest absolute Gasteiger partial charge is 0.165 e. The molecule has 1 aromatic rings. The Hall–Kier alpha value is -1.13. The predicted octanol–water partition coefficient (Wildman–Crippen LogP) is 3.83. The van der Waals surface area contributed by atoms with Gasteiger partial charge in [-0.25, -0.2) is 4.39 Å². The van der Waals surface area contributed by atoms with Crippen molar-refractivity contribution in [2.75, 3.05) is 20.3 Å². The number of halogens is 1. The van der Waals surface area contributed by atoms with Crippen molar-refractivity contribution in [3.05, 3.63) is 29.6 Å². The summed E-state index contributed by atoms with van der Waals surface area (Å²) in [6.45, 7) is 3.53.